The Kier molecular flexibility index (Phi) is 6.70. The number of halogens is 3. The van der Waals surface area contributed by atoms with Crippen molar-refractivity contribution in [3.63, 3.8) is 0 Å². The fraction of sp³-hybridized carbons (Fsp3) is 0.269. The number of imidazole rings is 1. The number of fused-ring (bicyclic) bond motifs is 1. The van der Waals surface area contributed by atoms with Crippen molar-refractivity contribution >= 4 is 23.0 Å². The third-order valence-corrected chi connectivity index (χ3v) is 5.61. The van der Waals surface area contributed by atoms with Crippen LogP contribution in [-0.4, -0.2) is 37.0 Å². The van der Waals surface area contributed by atoms with Gasteiger partial charge in [-0.05, 0) is 62.7 Å². The number of aromatic nitrogens is 3. The first-order chi connectivity index (χ1) is 17.2. The van der Waals surface area contributed by atoms with Gasteiger partial charge in [0.1, 0.15) is 16.9 Å². The fourth-order valence-corrected chi connectivity index (χ4v) is 3.80. The van der Waals surface area contributed by atoms with Crippen molar-refractivity contribution in [2.45, 2.75) is 44.8 Å². The molecule has 194 valence electrons. The molecule has 0 spiro atoms. The zero-order chi connectivity index (χ0) is 27.0. The highest BCUT2D eigenvalue weighted by atomic mass is 19.4. The molecule has 1 amide bonds. The molecule has 0 aliphatic heterocycles. The SMILES string of the molecule is CC(C)(O)c1ccc2nc(NC(=O)CC(C)(O)c3ccccc3)n(-c3ccc(OC(F)(F)F)cc3)c2n1. The van der Waals surface area contributed by atoms with Gasteiger partial charge in [0.15, 0.2) is 5.65 Å². The number of hydrogen-bond donors (Lipinski definition) is 3. The number of hydrogen-bond acceptors (Lipinski definition) is 6. The van der Waals surface area contributed by atoms with E-state index >= 15 is 0 Å². The molecule has 3 N–H and O–H groups in total. The molecule has 4 rings (SSSR count). The van der Waals surface area contributed by atoms with E-state index < -0.39 is 29.2 Å². The summed E-state index contributed by atoms with van der Waals surface area (Å²) in [4.78, 5) is 21.9. The van der Waals surface area contributed by atoms with Crippen LogP contribution in [-0.2, 0) is 16.0 Å². The number of rotatable bonds is 7. The van der Waals surface area contributed by atoms with Crippen LogP contribution in [0.3, 0.4) is 0 Å². The van der Waals surface area contributed by atoms with Gasteiger partial charge in [0.05, 0.1) is 23.4 Å². The molecule has 2 aromatic heterocycles. The first-order valence-corrected chi connectivity index (χ1v) is 11.3. The zero-order valence-electron chi connectivity index (χ0n) is 20.2. The minimum absolute atomic E-state index is 0.0359. The van der Waals surface area contributed by atoms with Crippen molar-refractivity contribution < 1.29 is 32.9 Å². The van der Waals surface area contributed by atoms with E-state index in [-0.39, 0.29) is 18.0 Å². The predicted molar refractivity (Wildman–Crippen MR) is 130 cm³/mol. The summed E-state index contributed by atoms with van der Waals surface area (Å²) in [5, 5.41) is 24.0. The molecule has 1 atom stereocenters. The van der Waals surface area contributed by atoms with Crippen molar-refractivity contribution in [2.24, 2.45) is 0 Å². The highest BCUT2D eigenvalue weighted by Gasteiger charge is 2.31. The highest BCUT2D eigenvalue weighted by molar-refractivity contribution is 5.92. The molecule has 11 heteroatoms. The van der Waals surface area contributed by atoms with Crippen LogP contribution in [0.4, 0.5) is 19.1 Å². The van der Waals surface area contributed by atoms with Gasteiger partial charge in [-0.1, -0.05) is 30.3 Å². The number of nitrogens with one attached hydrogen (secondary N) is 1. The number of pyridine rings is 1. The van der Waals surface area contributed by atoms with E-state index in [1.165, 1.54) is 23.6 Å². The van der Waals surface area contributed by atoms with Crippen LogP contribution >= 0.6 is 0 Å². The Labute approximate surface area is 210 Å². The Balaban J connectivity index is 1.73. The predicted octanol–water partition coefficient (Wildman–Crippen LogP) is 4.78. The van der Waals surface area contributed by atoms with Crippen molar-refractivity contribution in [1.82, 2.24) is 14.5 Å². The second-order valence-electron chi connectivity index (χ2n) is 9.28. The number of carbonyl (C=O) groups excluding carboxylic acids is 1. The van der Waals surface area contributed by atoms with Crippen molar-refractivity contribution in [3.05, 3.63) is 78.0 Å². The summed E-state index contributed by atoms with van der Waals surface area (Å²) >= 11 is 0. The summed E-state index contributed by atoms with van der Waals surface area (Å²) in [5.41, 5.74) is -0.916. The molecule has 4 aromatic rings. The topological polar surface area (TPSA) is 110 Å². The number of carbonyl (C=O) groups is 1. The van der Waals surface area contributed by atoms with Gasteiger partial charge in [0, 0.05) is 0 Å². The Morgan fingerprint density at radius 1 is 0.946 bits per heavy atom. The lowest BCUT2D eigenvalue weighted by molar-refractivity contribution is -0.274. The second-order valence-corrected chi connectivity index (χ2v) is 9.28. The Hall–Kier alpha value is -3.96. The van der Waals surface area contributed by atoms with Crippen LogP contribution in [0, 0.1) is 0 Å². The molecule has 2 aromatic carbocycles. The number of anilines is 1. The standard InChI is InChI=1S/C26H25F3N4O4/c1-24(2,35)20-14-13-19-22(31-20)33(17-9-11-18(12-10-17)37-26(27,28)29)23(30-19)32-21(34)15-25(3,36)16-7-5-4-6-8-16/h4-14,35-36H,15H2,1-3H3,(H,30,32,34). The van der Waals surface area contributed by atoms with Gasteiger partial charge >= 0.3 is 6.36 Å². The quantitative estimate of drug-likeness (QED) is 0.327. The molecule has 8 nitrogen and oxygen atoms in total. The number of nitrogens with zero attached hydrogens (tertiary/aromatic N) is 3. The average molecular weight is 515 g/mol. The number of aliphatic hydroxyl groups is 2. The van der Waals surface area contributed by atoms with Gasteiger partial charge in [-0.25, -0.2) is 9.97 Å². The molecular formula is C26H25F3N4O4. The first kappa shape index (κ1) is 26.1. The summed E-state index contributed by atoms with van der Waals surface area (Å²) in [6.07, 6.45) is -5.14. The van der Waals surface area contributed by atoms with E-state index in [1.54, 1.807) is 56.3 Å². The number of benzene rings is 2. The minimum atomic E-state index is -4.85. The summed E-state index contributed by atoms with van der Waals surface area (Å²) in [7, 11) is 0. The maximum absolute atomic E-state index is 13.0. The molecule has 37 heavy (non-hydrogen) atoms. The van der Waals surface area contributed by atoms with Crippen LogP contribution in [0.15, 0.2) is 66.7 Å². The molecule has 0 fully saturated rings. The van der Waals surface area contributed by atoms with Gasteiger partial charge in [0.2, 0.25) is 11.9 Å². The van der Waals surface area contributed by atoms with Crippen LogP contribution < -0.4 is 10.1 Å². The second kappa shape index (κ2) is 9.49. The maximum Gasteiger partial charge on any atom is 0.573 e. The number of amides is 1. The largest absolute Gasteiger partial charge is 0.573 e. The molecular weight excluding hydrogens is 489 g/mol. The van der Waals surface area contributed by atoms with Gasteiger partial charge in [-0.15, -0.1) is 13.2 Å². The van der Waals surface area contributed by atoms with Crippen LogP contribution in [0.25, 0.3) is 16.9 Å². The Morgan fingerprint density at radius 2 is 1.59 bits per heavy atom. The van der Waals surface area contributed by atoms with Crippen molar-refractivity contribution in [1.29, 1.82) is 0 Å². The van der Waals surface area contributed by atoms with Crippen LogP contribution in [0.1, 0.15) is 38.4 Å². The molecule has 0 saturated carbocycles. The molecule has 0 aliphatic rings. The number of alkyl halides is 3. The molecule has 2 heterocycles. The average Bonchev–Trinajstić information content (AvgIpc) is 3.15. The van der Waals surface area contributed by atoms with E-state index in [4.69, 9.17) is 0 Å². The van der Waals surface area contributed by atoms with Crippen molar-refractivity contribution in [3.8, 4) is 11.4 Å². The van der Waals surface area contributed by atoms with E-state index in [0.717, 1.165) is 12.1 Å². The smallest absolute Gasteiger partial charge is 0.406 e. The van der Waals surface area contributed by atoms with Gasteiger partial charge < -0.3 is 14.9 Å². The van der Waals surface area contributed by atoms with Gasteiger partial charge in [0.25, 0.3) is 0 Å². The van der Waals surface area contributed by atoms with Gasteiger partial charge in [-0.2, -0.15) is 0 Å². The number of ether oxygens (including phenoxy) is 1. The summed E-state index contributed by atoms with van der Waals surface area (Å²) in [6, 6.07) is 16.9. The molecule has 0 saturated heterocycles. The zero-order valence-corrected chi connectivity index (χ0v) is 20.2. The normalized spacial score (nSPS) is 13.8. The van der Waals surface area contributed by atoms with Gasteiger partial charge in [-0.3, -0.25) is 14.7 Å². The lowest BCUT2D eigenvalue weighted by Gasteiger charge is -2.23. The Morgan fingerprint density at radius 3 is 2.19 bits per heavy atom. The Bertz CT molecular complexity index is 1410. The van der Waals surface area contributed by atoms with Crippen LogP contribution in [0.2, 0.25) is 0 Å². The maximum atomic E-state index is 13.0. The highest BCUT2D eigenvalue weighted by Crippen LogP contribution is 2.30. The lowest BCUT2D eigenvalue weighted by atomic mass is 9.92. The summed E-state index contributed by atoms with van der Waals surface area (Å²) in [5.74, 6) is -0.936. The first-order valence-electron chi connectivity index (χ1n) is 11.3. The summed E-state index contributed by atoms with van der Waals surface area (Å²) in [6.45, 7) is 4.63. The lowest BCUT2D eigenvalue weighted by Crippen LogP contribution is -2.29. The van der Waals surface area contributed by atoms with E-state index in [0.29, 0.717) is 22.5 Å². The summed E-state index contributed by atoms with van der Waals surface area (Å²) < 4.78 is 43.2. The van der Waals surface area contributed by atoms with E-state index in [9.17, 15) is 28.2 Å². The van der Waals surface area contributed by atoms with Crippen molar-refractivity contribution in [2.75, 3.05) is 5.32 Å². The van der Waals surface area contributed by atoms with Crippen LogP contribution in [0.5, 0.6) is 5.75 Å². The molecule has 0 aliphatic carbocycles. The van der Waals surface area contributed by atoms with E-state index in [1.807, 2.05) is 0 Å². The monoisotopic (exact) mass is 514 g/mol. The third kappa shape index (κ3) is 6.07. The molecule has 0 radical (unpaired) electrons. The third-order valence-electron chi connectivity index (χ3n) is 5.61. The molecule has 1 unspecified atom stereocenters. The fourth-order valence-electron chi connectivity index (χ4n) is 3.80. The minimum Gasteiger partial charge on any atom is -0.406 e. The van der Waals surface area contributed by atoms with E-state index in [2.05, 4.69) is 20.0 Å². The molecule has 0 bridgehead atoms.